The molecule has 3 unspecified atom stereocenters. The molecule has 116 valence electrons. The number of nitrogens with zero attached hydrogens (tertiary/aromatic N) is 1. The Morgan fingerprint density at radius 3 is 2.50 bits per heavy atom. The summed E-state index contributed by atoms with van der Waals surface area (Å²) in [6, 6.07) is -0.550. The summed E-state index contributed by atoms with van der Waals surface area (Å²) < 4.78 is 5.18. The number of likely N-dealkylation sites (N-methyl/N-ethyl adjacent to an activating group) is 1. The fourth-order valence-electron chi connectivity index (χ4n) is 2.28. The molecule has 0 spiro atoms. The number of ether oxygens (including phenoxy) is 1. The maximum absolute atomic E-state index is 12.1. The van der Waals surface area contributed by atoms with Crippen LogP contribution in [-0.4, -0.2) is 54.4 Å². The first-order chi connectivity index (χ1) is 9.32. The van der Waals surface area contributed by atoms with Crippen LogP contribution in [0.3, 0.4) is 0 Å². The molecule has 2 amide bonds. The summed E-state index contributed by atoms with van der Waals surface area (Å²) in [4.78, 5) is 24.7. The van der Waals surface area contributed by atoms with Crippen molar-refractivity contribution in [2.24, 2.45) is 11.8 Å². The Morgan fingerprint density at radius 1 is 1.30 bits per heavy atom. The van der Waals surface area contributed by atoms with Gasteiger partial charge in [-0.3, -0.25) is 4.79 Å². The summed E-state index contributed by atoms with van der Waals surface area (Å²) in [7, 11) is 1.62. The van der Waals surface area contributed by atoms with Crippen LogP contribution in [0.1, 0.15) is 33.6 Å². The quantitative estimate of drug-likeness (QED) is 0.776. The van der Waals surface area contributed by atoms with Crippen molar-refractivity contribution in [2.45, 2.75) is 45.7 Å². The van der Waals surface area contributed by atoms with Crippen LogP contribution in [0.5, 0.6) is 0 Å². The third kappa shape index (κ3) is 4.67. The lowest BCUT2D eigenvalue weighted by Gasteiger charge is -2.28. The van der Waals surface area contributed by atoms with Gasteiger partial charge in [0.25, 0.3) is 0 Å². The second kappa shape index (κ2) is 7.47. The summed E-state index contributed by atoms with van der Waals surface area (Å²) in [5, 5.41) is 12.0. The van der Waals surface area contributed by atoms with E-state index in [0.29, 0.717) is 5.92 Å². The van der Waals surface area contributed by atoms with Crippen LogP contribution < -0.4 is 5.32 Å². The van der Waals surface area contributed by atoms with Crippen molar-refractivity contribution in [2.75, 3.05) is 20.3 Å². The molecule has 0 saturated carbocycles. The van der Waals surface area contributed by atoms with Gasteiger partial charge in [-0.25, -0.2) is 4.79 Å². The van der Waals surface area contributed by atoms with E-state index in [1.807, 2.05) is 6.92 Å². The van der Waals surface area contributed by atoms with Crippen molar-refractivity contribution >= 4 is 12.0 Å². The number of nitrogens with one attached hydrogen (secondary N) is 1. The lowest BCUT2D eigenvalue weighted by Crippen LogP contribution is -2.50. The lowest BCUT2D eigenvalue weighted by molar-refractivity contribution is -0.142. The average molecular weight is 286 g/mol. The number of urea groups is 1. The molecule has 1 aliphatic rings. The SMILES string of the molecule is CC(C)CCC(C)NC(=O)N(C)C1COCC1C(=O)O. The van der Waals surface area contributed by atoms with Gasteiger partial charge in [0.05, 0.1) is 19.3 Å². The molecule has 6 nitrogen and oxygen atoms in total. The summed E-state index contributed by atoms with van der Waals surface area (Å²) in [5.74, 6) is -0.955. The Bertz CT molecular complexity index is 346. The Morgan fingerprint density at radius 2 is 1.95 bits per heavy atom. The number of hydrogen-bond donors (Lipinski definition) is 2. The van der Waals surface area contributed by atoms with E-state index in [-0.39, 0.29) is 25.3 Å². The number of carboxylic acids is 1. The van der Waals surface area contributed by atoms with Gasteiger partial charge in [0.1, 0.15) is 5.92 Å². The van der Waals surface area contributed by atoms with E-state index in [2.05, 4.69) is 19.2 Å². The maximum Gasteiger partial charge on any atom is 0.317 e. The van der Waals surface area contributed by atoms with E-state index >= 15 is 0 Å². The zero-order valence-corrected chi connectivity index (χ0v) is 12.8. The predicted octanol–water partition coefficient (Wildman–Crippen LogP) is 1.55. The van der Waals surface area contributed by atoms with Crippen LogP contribution in [0.4, 0.5) is 4.79 Å². The Hall–Kier alpha value is -1.30. The Balaban J connectivity index is 2.48. The number of aliphatic carboxylic acids is 1. The highest BCUT2D eigenvalue weighted by molar-refractivity contribution is 5.77. The van der Waals surface area contributed by atoms with Gasteiger partial charge in [0, 0.05) is 13.1 Å². The minimum Gasteiger partial charge on any atom is -0.481 e. The van der Waals surface area contributed by atoms with Crippen molar-refractivity contribution in [1.29, 1.82) is 0 Å². The molecule has 1 aliphatic heterocycles. The molecular weight excluding hydrogens is 260 g/mol. The van der Waals surface area contributed by atoms with Gasteiger partial charge in [0.2, 0.25) is 0 Å². The normalized spacial score (nSPS) is 23.6. The van der Waals surface area contributed by atoms with Crippen LogP contribution in [0.25, 0.3) is 0 Å². The van der Waals surface area contributed by atoms with E-state index in [9.17, 15) is 9.59 Å². The molecular formula is C14H26N2O4. The summed E-state index contributed by atoms with van der Waals surface area (Å²) in [5.41, 5.74) is 0. The molecule has 0 aromatic carbocycles. The average Bonchev–Trinajstić information content (AvgIpc) is 2.84. The first-order valence-electron chi connectivity index (χ1n) is 7.16. The molecule has 20 heavy (non-hydrogen) atoms. The van der Waals surface area contributed by atoms with Crippen LogP contribution in [0.15, 0.2) is 0 Å². The van der Waals surface area contributed by atoms with Crippen molar-refractivity contribution in [1.82, 2.24) is 10.2 Å². The number of carbonyl (C=O) groups excluding carboxylic acids is 1. The molecule has 1 fully saturated rings. The molecule has 0 aromatic rings. The molecule has 0 radical (unpaired) electrons. The fraction of sp³-hybridized carbons (Fsp3) is 0.857. The van der Waals surface area contributed by atoms with Crippen molar-refractivity contribution in [3.63, 3.8) is 0 Å². The first kappa shape index (κ1) is 16.8. The molecule has 0 bridgehead atoms. The van der Waals surface area contributed by atoms with Gasteiger partial charge >= 0.3 is 12.0 Å². The molecule has 2 N–H and O–H groups in total. The molecule has 0 aromatic heterocycles. The lowest BCUT2D eigenvalue weighted by atomic mass is 10.0. The topological polar surface area (TPSA) is 78.9 Å². The molecule has 0 aliphatic carbocycles. The maximum atomic E-state index is 12.1. The Kier molecular flexibility index (Phi) is 6.26. The standard InChI is InChI=1S/C14H26N2O4/c1-9(2)5-6-10(3)15-14(19)16(4)12-8-20-7-11(12)13(17)18/h9-12H,5-8H2,1-4H3,(H,15,19)(H,17,18). The molecule has 6 heteroatoms. The van der Waals surface area contributed by atoms with Gasteiger partial charge in [-0.15, -0.1) is 0 Å². The second-order valence-corrected chi connectivity index (χ2v) is 5.98. The van der Waals surface area contributed by atoms with Gasteiger partial charge in [-0.05, 0) is 25.7 Å². The van der Waals surface area contributed by atoms with Gasteiger partial charge < -0.3 is 20.1 Å². The van der Waals surface area contributed by atoms with Crippen molar-refractivity contribution < 1.29 is 19.4 Å². The molecule has 1 saturated heterocycles. The van der Waals surface area contributed by atoms with Gasteiger partial charge in [0.15, 0.2) is 0 Å². The monoisotopic (exact) mass is 286 g/mol. The third-order valence-electron chi connectivity index (χ3n) is 3.73. The molecule has 3 atom stereocenters. The number of carboxylic acid groups (broad SMARTS) is 1. The highest BCUT2D eigenvalue weighted by Crippen LogP contribution is 2.19. The van der Waals surface area contributed by atoms with E-state index in [4.69, 9.17) is 9.84 Å². The van der Waals surface area contributed by atoms with Crippen molar-refractivity contribution in [3.8, 4) is 0 Å². The smallest absolute Gasteiger partial charge is 0.317 e. The Labute approximate surface area is 120 Å². The zero-order valence-electron chi connectivity index (χ0n) is 12.8. The van der Waals surface area contributed by atoms with E-state index in [0.717, 1.165) is 12.8 Å². The number of rotatable bonds is 6. The second-order valence-electron chi connectivity index (χ2n) is 5.98. The zero-order chi connectivity index (χ0) is 15.3. The van der Waals surface area contributed by atoms with E-state index in [1.165, 1.54) is 4.90 Å². The summed E-state index contributed by atoms with van der Waals surface area (Å²) in [6.45, 7) is 6.71. The minimum absolute atomic E-state index is 0.0814. The number of carbonyl (C=O) groups is 2. The highest BCUT2D eigenvalue weighted by Gasteiger charge is 2.38. The van der Waals surface area contributed by atoms with Gasteiger partial charge in [-0.2, -0.15) is 0 Å². The largest absolute Gasteiger partial charge is 0.481 e. The van der Waals surface area contributed by atoms with Crippen LogP contribution in [-0.2, 0) is 9.53 Å². The molecule has 1 rings (SSSR count). The molecule has 1 heterocycles. The predicted molar refractivity (Wildman–Crippen MR) is 75.6 cm³/mol. The first-order valence-corrected chi connectivity index (χ1v) is 7.16. The number of amides is 2. The number of hydrogen-bond acceptors (Lipinski definition) is 3. The third-order valence-corrected chi connectivity index (χ3v) is 3.73. The fourth-order valence-corrected chi connectivity index (χ4v) is 2.28. The highest BCUT2D eigenvalue weighted by atomic mass is 16.5. The summed E-state index contributed by atoms with van der Waals surface area (Å²) in [6.07, 6.45) is 1.97. The minimum atomic E-state index is -0.917. The van der Waals surface area contributed by atoms with Gasteiger partial charge in [-0.1, -0.05) is 13.8 Å². The summed E-state index contributed by atoms with van der Waals surface area (Å²) >= 11 is 0. The van der Waals surface area contributed by atoms with Crippen LogP contribution in [0.2, 0.25) is 0 Å². The van der Waals surface area contributed by atoms with E-state index in [1.54, 1.807) is 7.05 Å². The van der Waals surface area contributed by atoms with Crippen LogP contribution in [0, 0.1) is 11.8 Å². The van der Waals surface area contributed by atoms with Crippen LogP contribution >= 0.6 is 0 Å². The van der Waals surface area contributed by atoms with E-state index < -0.39 is 17.9 Å². The van der Waals surface area contributed by atoms with Crippen molar-refractivity contribution in [3.05, 3.63) is 0 Å².